The maximum atomic E-state index is 6.39. The average Bonchev–Trinajstić information content (AvgIpc) is 2.88. The SMILES string of the molecule is CC1O[C@H](Oc2ccc3ccccc3c2)CC(OCc2ccccc2)[C@H]1OCc1ccccc1. The van der Waals surface area contributed by atoms with Gasteiger partial charge in [-0.05, 0) is 41.0 Å². The third-order valence-corrected chi connectivity index (χ3v) is 6.20. The Labute approximate surface area is 201 Å². The lowest BCUT2D eigenvalue weighted by Gasteiger charge is -2.40. The molecule has 2 unspecified atom stereocenters. The molecule has 0 saturated carbocycles. The highest BCUT2D eigenvalue weighted by Crippen LogP contribution is 2.30. The summed E-state index contributed by atoms with van der Waals surface area (Å²) in [7, 11) is 0. The average molecular weight is 455 g/mol. The van der Waals surface area contributed by atoms with Crippen LogP contribution >= 0.6 is 0 Å². The summed E-state index contributed by atoms with van der Waals surface area (Å²) in [4.78, 5) is 0. The Morgan fingerprint density at radius 3 is 2.03 bits per heavy atom. The second-order valence-corrected chi connectivity index (χ2v) is 8.73. The molecule has 1 fully saturated rings. The van der Waals surface area contributed by atoms with E-state index in [0.717, 1.165) is 22.3 Å². The Kier molecular flexibility index (Phi) is 7.20. The standard InChI is InChI=1S/C30H30O4/c1-22-30(32-21-24-12-6-3-7-13-24)28(31-20-23-10-4-2-5-11-23)19-29(33-22)34-27-17-16-25-14-8-9-15-26(25)18-27/h2-18,22,28-30H,19-21H2,1H3/t22?,28?,29-,30+/m1/s1. The van der Waals surface area contributed by atoms with Crippen molar-refractivity contribution in [3.8, 4) is 5.75 Å². The quantitative estimate of drug-likeness (QED) is 0.304. The Hall–Kier alpha value is -3.18. The topological polar surface area (TPSA) is 36.9 Å². The highest BCUT2D eigenvalue weighted by Gasteiger charge is 2.39. The number of rotatable bonds is 8. The molecule has 174 valence electrons. The normalized spacial score (nSPS) is 22.5. The van der Waals surface area contributed by atoms with Gasteiger partial charge >= 0.3 is 0 Å². The minimum atomic E-state index is -0.409. The minimum Gasteiger partial charge on any atom is -0.465 e. The number of hydrogen-bond donors (Lipinski definition) is 0. The maximum Gasteiger partial charge on any atom is 0.202 e. The molecule has 4 heteroatoms. The lowest BCUT2D eigenvalue weighted by Crippen LogP contribution is -2.50. The van der Waals surface area contributed by atoms with E-state index in [1.807, 2.05) is 61.5 Å². The fraction of sp³-hybridized carbons (Fsp3) is 0.267. The molecule has 0 bridgehead atoms. The molecule has 0 radical (unpaired) electrons. The number of benzene rings is 4. The van der Waals surface area contributed by atoms with E-state index in [1.54, 1.807) is 0 Å². The van der Waals surface area contributed by atoms with Gasteiger partial charge < -0.3 is 18.9 Å². The molecule has 34 heavy (non-hydrogen) atoms. The van der Waals surface area contributed by atoms with Crippen molar-refractivity contribution in [2.45, 2.75) is 51.2 Å². The van der Waals surface area contributed by atoms with E-state index in [4.69, 9.17) is 18.9 Å². The van der Waals surface area contributed by atoms with Gasteiger partial charge in [0.05, 0.1) is 25.4 Å². The Morgan fingerprint density at radius 1 is 0.706 bits per heavy atom. The van der Waals surface area contributed by atoms with E-state index >= 15 is 0 Å². The zero-order chi connectivity index (χ0) is 23.2. The van der Waals surface area contributed by atoms with Gasteiger partial charge in [0.1, 0.15) is 11.9 Å². The van der Waals surface area contributed by atoms with Crippen molar-refractivity contribution in [2.24, 2.45) is 0 Å². The van der Waals surface area contributed by atoms with Gasteiger partial charge in [-0.1, -0.05) is 91.0 Å². The fourth-order valence-electron chi connectivity index (χ4n) is 4.42. The summed E-state index contributed by atoms with van der Waals surface area (Å²) in [6.45, 7) is 3.07. The summed E-state index contributed by atoms with van der Waals surface area (Å²) in [5.41, 5.74) is 2.27. The molecule has 1 aliphatic heterocycles. The van der Waals surface area contributed by atoms with Gasteiger partial charge in [0.2, 0.25) is 6.29 Å². The van der Waals surface area contributed by atoms with Crippen molar-refractivity contribution in [2.75, 3.05) is 0 Å². The number of fused-ring (bicyclic) bond motifs is 1. The van der Waals surface area contributed by atoms with E-state index in [2.05, 4.69) is 48.5 Å². The Balaban J connectivity index is 1.29. The van der Waals surface area contributed by atoms with Crippen LogP contribution in [0.15, 0.2) is 103 Å². The summed E-state index contributed by atoms with van der Waals surface area (Å²) in [6.07, 6.45) is -0.348. The lowest BCUT2D eigenvalue weighted by atomic mass is 10.0. The van der Waals surface area contributed by atoms with Crippen molar-refractivity contribution >= 4 is 10.8 Å². The molecule has 4 aromatic carbocycles. The highest BCUT2D eigenvalue weighted by molar-refractivity contribution is 5.83. The third-order valence-electron chi connectivity index (χ3n) is 6.20. The summed E-state index contributed by atoms with van der Waals surface area (Å²) >= 11 is 0. The Morgan fingerprint density at radius 2 is 1.32 bits per heavy atom. The van der Waals surface area contributed by atoms with Crippen molar-refractivity contribution < 1.29 is 18.9 Å². The van der Waals surface area contributed by atoms with Crippen molar-refractivity contribution in [1.29, 1.82) is 0 Å². The van der Waals surface area contributed by atoms with Crippen LogP contribution in [0.3, 0.4) is 0 Å². The predicted octanol–water partition coefficient (Wildman–Crippen LogP) is 6.52. The molecule has 4 atom stereocenters. The van der Waals surface area contributed by atoms with Crippen LogP contribution < -0.4 is 4.74 Å². The lowest BCUT2D eigenvalue weighted by molar-refractivity contribution is -0.243. The number of hydrogen-bond acceptors (Lipinski definition) is 4. The van der Waals surface area contributed by atoms with Crippen LogP contribution in [0.5, 0.6) is 5.75 Å². The van der Waals surface area contributed by atoms with Crippen LogP contribution in [0.4, 0.5) is 0 Å². The van der Waals surface area contributed by atoms with Crippen molar-refractivity contribution in [3.05, 3.63) is 114 Å². The fourth-order valence-corrected chi connectivity index (χ4v) is 4.42. The summed E-state index contributed by atoms with van der Waals surface area (Å²) in [6, 6.07) is 34.8. The first-order chi connectivity index (χ1) is 16.7. The molecule has 5 rings (SSSR count). The second kappa shape index (κ2) is 10.8. The molecule has 0 N–H and O–H groups in total. The highest BCUT2D eigenvalue weighted by atomic mass is 16.7. The van der Waals surface area contributed by atoms with E-state index in [9.17, 15) is 0 Å². The van der Waals surface area contributed by atoms with Crippen molar-refractivity contribution in [1.82, 2.24) is 0 Å². The van der Waals surface area contributed by atoms with Gasteiger partial charge in [-0.2, -0.15) is 0 Å². The first-order valence-corrected chi connectivity index (χ1v) is 11.9. The van der Waals surface area contributed by atoms with Gasteiger partial charge in [-0.15, -0.1) is 0 Å². The van der Waals surface area contributed by atoms with Gasteiger partial charge in [0.15, 0.2) is 0 Å². The van der Waals surface area contributed by atoms with Crippen LogP contribution in [0, 0.1) is 0 Å². The summed E-state index contributed by atoms with van der Waals surface area (Å²) < 4.78 is 25.3. The first-order valence-electron chi connectivity index (χ1n) is 11.9. The minimum absolute atomic E-state index is 0.155. The second-order valence-electron chi connectivity index (χ2n) is 8.73. The van der Waals surface area contributed by atoms with Crippen molar-refractivity contribution in [3.63, 3.8) is 0 Å². The number of ether oxygens (including phenoxy) is 4. The van der Waals surface area contributed by atoms with E-state index in [0.29, 0.717) is 19.6 Å². The van der Waals surface area contributed by atoms with Crippen LogP contribution in [-0.2, 0) is 27.4 Å². The zero-order valence-electron chi connectivity index (χ0n) is 19.4. The van der Waals surface area contributed by atoms with E-state index < -0.39 is 6.29 Å². The molecule has 0 aromatic heterocycles. The zero-order valence-corrected chi connectivity index (χ0v) is 19.4. The molecule has 4 nitrogen and oxygen atoms in total. The molecular weight excluding hydrogens is 424 g/mol. The van der Waals surface area contributed by atoms with Crippen LogP contribution in [0.25, 0.3) is 10.8 Å². The summed E-state index contributed by atoms with van der Waals surface area (Å²) in [5.74, 6) is 0.793. The van der Waals surface area contributed by atoms with Crippen LogP contribution in [-0.4, -0.2) is 24.6 Å². The predicted molar refractivity (Wildman–Crippen MR) is 134 cm³/mol. The van der Waals surface area contributed by atoms with Gasteiger partial charge in [0.25, 0.3) is 0 Å². The van der Waals surface area contributed by atoms with Gasteiger partial charge in [-0.3, -0.25) is 0 Å². The molecule has 0 aliphatic carbocycles. The van der Waals surface area contributed by atoms with Gasteiger partial charge in [0, 0.05) is 6.42 Å². The molecule has 1 aliphatic rings. The molecule has 0 spiro atoms. The van der Waals surface area contributed by atoms with Crippen LogP contribution in [0.2, 0.25) is 0 Å². The van der Waals surface area contributed by atoms with E-state index in [1.165, 1.54) is 5.39 Å². The van der Waals surface area contributed by atoms with Crippen LogP contribution in [0.1, 0.15) is 24.5 Å². The monoisotopic (exact) mass is 454 g/mol. The molecular formula is C30H30O4. The maximum absolute atomic E-state index is 6.39. The molecule has 0 amide bonds. The van der Waals surface area contributed by atoms with Gasteiger partial charge in [-0.25, -0.2) is 0 Å². The largest absolute Gasteiger partial charge is 0.465 e. The first kappa shape index (κ1) is 22.6. The third kappa shape index (κ3) is 5.65. The molecule has 1 heterocycles. The molecule has 1 saturated heterocycles. The summed E-state index contributed by atoms with van der Waals surface area (Å²) in [5, 5.41) is 2.33. The Bertz CT molecular complexity index is 1180. The molecule has 4 aromatic rings. The van der Waals surface area contributed by atoms with E-state index in [-0.39, 0.29) is 18.3 Å². The smallest absolute Gasteiger partial charge is 0.202 e.